The summed E-state index contributed by atoms with van der Waals surface area (Å²) in [5.41, 5.74) is 1.75. The SMILES string of the molecule is CO[C@H]1/C=C\CCCCC[C@@](O)(C(=O)O)c2ccc3c(c2)N(C[C@@H]2CC[C@H]21)C[C@@]1(CCCc2cc(Cl)ccc21)CO3. The molecule has 1 saturated carbocycles. The summed E-state index contributed by atoms with van der Waals surface area (Å²) in [5.74, 6) is 0.427. The van der Waals surface area contributed by atoms with E-state index in [0.29, 0.717) is 30.4 Å². The predicted octanol–water partition coefficient (Wildman–Crippen LogP) is 6.65. The Bertz CT molecular complexity index is 1310. The first-order valence-corrected chi connectivity index (χ1v) is 15.7. The van der Waals surface area contributed by atoms with Crippen molar-refractivity contribution in [2.24, 2.45) is 11.8 Å². The Morgan fingerprint density at radius 2 is 1.98 bits per heavy atom. The fourth-order valence-corrected chi connectivity index (χ4v) is 7.92. The molecule has 2 aliphatic carbocycles. The fraction of sp³-hybridized carbons (Fsp3) is 0.559. The molecule has 220 valence electrons. The number of methoxy groups -OCH3 is 1. The number of aryl methyl sites for hydroxylation is 1. The molecule has 6 rings (SSSR count). The highest BCUT2D eigenvalue weighted by Gasteiger charge is 2.45. The number of allylic oxidation sites excluding steroid dienone is 1. The van der Waals surface area contributed by atoms with Gasteiger partial charge in [0.1, 0.15) is 5.75 Å². The normalized spacial score (nSPS) is 32.6. The minimum atomic E-state index is -1.94. The molecule has 2 heterocycles. The lowest BCUT2D eigenvalue weighted by Gasteiger charge is -2.46. The van der Waals surface area contributed by atoms with Crippen LogP contribution in [0.4, 0.5) is 5.69 Å². The number of carboxylic acid groups (broad SMARTS) is 1. The highest BCUT2D eigenvalue weighted by atomic mass is 35.5. The van der Waals surface area contributed by atoms with E-state index in [-0.39, 0.29) is 17.9 Å². The number of rotatable bonds is 2. The summed E-state index contributed by atoms with van der Waals surface area (Å²) < 4.78 is 12.6. The maximum atomic E-state index is 12.5. The van der Waals surface area contributed by atoms with Crippen molar-refractivity contribution in [1.29, 1.82) is 0 Å². The zero-order chi connectivity index (χ0) is 28.6. The van der Waals surface area contributed by atoms with Crippen LogP contribution in [0.3, 0.4) is 0 Å². The van der Waals surface area contributed by atoms with Gasteiger partial charge in [0.2, 0.25) is 0 Å². The van der Waals surface area contributed by atoms with Crippen LogP contribution in [0, 0.1) is 11.8 Å². The lowest BCUT2D eigenvalue weighted by Crippen LogP contribution is -2.49. The lowest BCUT2D eigenvalue weighted by molar-refractivity contribution is -0.160. The number of ether oxygens (including phenoxy) is 2. The number of aliphatic hydroxyl groups is 1. The van der Waals surface area contributed by atoms with Crippen molar-refractivity contribution in [1.82, 2.24) is 0 Å². The molecule has 2 bridgehead atoms. The van der Waals surface area contributed by atoms with E-state index >= 15 is 0 Å². The third kappa shape index (κ3) is 5.39. The molecule has 41 heavy (non-hydrogen) atoms. The van der Waals surface area contributed by atoms with Crippen LogP contribution in [0.15, 0.2) is 48.6 Å². The minimum absolute atomic E-state index is 0.0966. The van der Waals surface area contributed by atoms with Crippen molar-refractivity contribution in [3.8, 4) is 5.75 Å². The second-order valence-corrected chi connectivity index (χ2v) is 13.1. The fourth-order valence-electron chi connectivity index (χ4n) is 7.73. The summed E-state index contributed by atoms with van der Waals surface area (Å²) in [6, 6.07) is 11.8. The Morgan fingerprint density at radius 1 is 1.10 bits per heavy atom. The van der Waals surface area contributed by atoms with E-state index in [9.17, 15) is 15.0 Å². The first kappa shape index (κ1) is 28.6. The Balaban J connectivity index is 1.44. The van der Waals surface area contributed by atoms with Gasteiger partial charge in [0, 0.05) is 30.6 Å². The molecular weight excluding hydrogens is 538 g/mol. The number of halogens is 1. The zero-order valence-corrected chi connectivity index (χ0v) is 24.7. The van der Waals surface area contributed by atoms with Gasteiger partial charge in [0.05, 0.1) is 18.4 Å². The number of hydrogen-bond acceptors (Lipinski definition) is 5. The van der Waals surface area contributed by atoms with Gasteiger partial charge in [-0.3, -0.25) is 0 Å². The molecule has 2 aromatic carbocycles. The van der Waals surface area contributed by atoms with Gasteiger partial charge in [0.15, 0.2) is 5.60 Å². The Hall–Kier alpha value is -2.54. The third-order valence-electron chi connectivity index (χ3n) is 10.2. The molecule has 2 aromatic rings. The van der Waals surface area contributed by atoms with Crippen LogP contribution < -0.4 is 9.64 Å². The average Bonchev–Trinajstić information content (AvgIpc) is 3.10. The molecule has 4 aliphatic rings. The summed E-state index contributed by atoms with van der Waals surface area (Å²) >= 11 is 6.41. The van der Waals surface area contributed by atoms with Crippen LogP contribution in [0.2, 0.25) is 5.02 Å². The summed E-state index contributed by atoms with van der Waals surface area (Å²) in [4.78, 5) is 14.9. The molecule has 1 spiro atoms. The van der Waals surface area contributed by atoms with Crippen LogP contribution in [0.5, 0.6) is 5.75 Å². The van der Waals surface area contributed by atoms with Crippen molar-refractivity contribution in [3.63, 3.8) is 0 Å². The lowest BCUT2D eigenvalue weighted by atomic mass is 9.68. The van der Waals surface area contributed by atoms with Gasteiger partial charge in [-0.1, -0.05) is 42.3 Å². The number of anilines is 1. The van der Waals surface area contributed by atoms with Crippen LogP contribution in [0.25, 0.3) is 0 Å². The standard InChI is InChI=1S/C34H42ClNO5/c1-40-30-9-5-3-2-4-6-17-34(39,32(37)38)25-11-15-31-29(19-25)36(20-24-10-13-27(24)30)21-33(22-41-31)16-7-8-23-18-26(35)12-14-28(23)33/h5,9,11-12,14-15,18-19,24,27,30,39H,2-4,6-8,10,13,16-17,20-22H2,1H3,(H,37,38)/b9-5-/t24-,27+,30-,33-,34-/m0/s1. The molecule has 6 nitrogen and oxygen atoms in total. The highest BCUT2D eigenvalue weighted by Crippen LogP contribution is 2.47. The molecule has 0 saturated heterocycles. The van der Waals surface area contributed by atoms with E-state index in [4.69, 9.17) is 21.1 Å². The minimum Gasteiger partial charge on any atom is -0.490 e. The molecule has 0 amide bonds. The molecule has 7 heteroatoms. The molecule has 2 N–H and O–H groups in total. The van der Waals surface area contributed by atoms with Gasteiger partial charge in [0.25, 0.3) is 0 Å². The molecule has 0 aromatic heterocycles. The van der Waals surface area contributed by atoms with Gasteiger partial charge in [-0.05, 0) is 111 Å². The molecule has 0 unspecified atom stereocenters. The predicted molar refractivity (Wildman–Crippen MR) is 161 cm³/mol. The monoisotopic (exact) mass is 579 g/mol. The van der Waals surface area contributed by atoms with Gasteiger partial charge in [-0.15, -0.1) is 0 Å². The summed E-state index contributed by atoms with van der Waals surface area (Å²) in [5, 5.41) is 22.5. The highest BCUT2D eigenvalue weighted by molar-refractivity contribution is 6.30. The molecule has 0 radical (unpaired) electrons. The van der Waals surface area contributed by atoms with Gasteiger partial charge in [-0.25, -0.2) is 4.79 Å². The van der Waals surface area contributed by atoms with E-state index in [1.807, 2.05) is 25.3 Å². The quantitative estimate of drug-likeness (QED) is 0.388. The van der Waals surface area contributed by atoms with E-state index in [0.717, 1.165) is 80.9 Å². The number of carbonyl (C=O) groups is 1. The Morgan fingerprint density at radius 3 is 2.76 bits per heavy atom. The Kier molecular flexibility index (Phi) is 8.10. The number of benzene rings is 2. The maximum absolute atomic E-state index is 12.5. The summed E-state index contributed by atoms with van der Waals surface area (Å²) in [6.45, 7) is 2.14. The first-order valence-electron chi connectivity index (χ1n) is 15.3. The number of fused-ring (bicyclic) bond motifs is 4. The van der Waals surface area contributed by atoms with Crippen LogP contribution in [0.1, 0.15) is 74.5 Å². The second-order valence-electron chi connectivity index (χ2n) is 12.7. The molecule has 1 fully saturated rings. The van der Waals surface area contributed by atoms with Crippen molar-refractivity contribution in [2.75, 3.05) is 31.7 Å². The number of carboxylic acids is 1. The second kappa shape index (κ2) is 11.6. The van der Waals surface area contributed by atoms with Gasteiger partial charge in [-0.2, -0.15) is 0 Å². The summed E-state index contributed by atoms with van der Waals surface area (Å²) in [6.07, 6.45) is 13.4. The topological polar surface area (TPSA) is 79.2 Å². The van der Waals surface area contributed by atoms with Crippen molar-refractivity contribution < 1.29 is 24.5 Å². The maximum Gasteiger partial charge on any atom is 0.340 e. The van der Waals surface area contributed by atoms with E-state index in [1.165, 1.54) is 11.1 Å². The van der Waals surface area contributed by atoms with Crippen LogP contribution >= 0.6 is 11.6 Å². The first-order chi connectivity index (χ1) is 19.8. The van der Waals surface area contributed by atoms with Crippen LogP contribution in [-0.2, 0) is 27.0 Å². The number of aliphatic carboxylic acids is 1. The average molecular weight is 580 g/mol. The van der Waals surface area contributed by atoms with Crippen molar-refractivity contribution in [2.45, 2.75) is 81.3 Å². The van der Waals surface area contributed by atoms with E-state index < -0.39 is 11.6 Å². The number of nitrogens with zero attached hydrogens (tertiary/aromatic N) is 1. The van der Waals surface area contributed by atoms with Gasteiger partial charge >= 0.3 is 5.97 Å². The Labute approximate surface area is 248 Å². The number of hydrogen-bond donors (Lipinski definition) is 2. The summed E-state index contributed by atoms with van der Waals surface area (Å²) in [7, 11) is 1.82. The smallest absolute Gasteiger partial charge is 0.340 e. The zero-order valence-electron chi connectivity index (χ0n) is 24.0. The molecular formula is C34H42ClNO5. The molecule has 5 atom stereocenters. The van der Waals surface area contributed by atoms with Crippen molar-refractivity contribution >= 4 is 23.3 Å². The van der Waals surface area contributed by atoms with E-state index in [1.54, 1.807) is 6.07 Å². The van der Waals surface area contributed by atoms with Crippen LogP contribution in [-0.4, -0.2) is 49.1 Å². The largest absolute Gasteiger partial charge is 0.490 e. The molecule has 2 aliphatic heterocycles. The third-order valence-corrected chi connectivity index (χ3v) is 10.5. The van der Waals surface area contributed by atoms with Gasteiger partial charge < -0.3 is 24.6 Å². The van der Waals surface area contributed by atoms with E-state index in [2.05, 4.69) is 29.2 Å². The van der Waals surface area contributed by atoms with Crippen molar-refractivity contribution in [3.05, 3.63) is 70.3 Å².